The van der Waals surface area contributed by atoms with Gasteiger partial charge in [0, 0.05) is 11.3 Å². The quantitative estimate of drug-likeness (QED) is 0.606. The van der Waals surface area contributed by atoms with Crippen molar-refractivity contribution >= 4 is 17.9 Å². The molecule has 0 radical (unpaired) electrons. The van der Waals surface area contributed by atoms with Crippen molar-refractivity contribution in [2.75, 3.05) is 18.1 Å². The van der Waals surface area contributed by atoms with Crippen molar-refractivity contribution in [3.05, 3.63) is 35.9 Å². The molecule has 6 heteroatoms. The molecule has 0 saturated heterocycles. The van der Waals surface area contributed by atoms with E-state index in [0.717, 1.165) is 17.7 Å². The van der Waals surface area contributed by atoms with Gasteiger partial charge in [0.25, 0.3) is 0 Å². The summed E-state index contributed by atoms with van der Waals surface area (Å²) in [6.07, 6.45) is -0.373. The maximum atomic E-state index is 11.8. The van der Waals surface area contributed by atoms with Crippen molar-refractivity contribution in [3.63, 3.8) is 0 Å². The highest BCUT2D eigenvalue weighted by Gasteiger charge is 2.21. The summed E-state index contributed by atoms with van der Waals surface area (Å²) in [5.41, 5.74) is 0.564. The van der Waals surface area contributed by atoms with Crippen molar-refractivity contribution in [2.24, 2.45) is 0 Å². The summed E-state index contributed by atoms with van der Waals surface area (Å²) < 4.78 is 5.20. The number of aliphatic hydroxyl groups is 2. The number of benzene rings is 1. The van der Waals surface area contributed by atoms with Crippen LogP contribution in [0.4, 0.5) is 4.79 Å². The number of rotatable bonds is 9. The fourth-order valence-electron chi connectivity index (χ4n) is 1.70. The molecule has 1 aromatic carbocycles. The van der Waals surface area contributed by atoms with E-state index < -0.39 is 12.2 Å². The number of amides is 1. The van der Waals surface area contributed by atoms with Crippen molar-refractivity contribution in [1.82, 2.24) is 5.32 Å². The molecule has 124 valence electrons. The molecular formula is C16H25NO4S. The maximum Gasteiger partial charge on any atom is 0.407 e. The van der Waals surface area contributed by atoms with Gasteiger partial charge in [-0.3, -0.25) is 0 Å². The van der Waals surface area contributed by atoms with Crippen molar-refractivity contribution in [3.8, 4) is 0 Å². The number of nitrogens with one attached hydrogen (secondary N) is 1. The number of carbonyl (C=O) groups excluding carboxylic acids is 1. The predicted octanol–water partition coefficient (Wildman–Crippen LogP) is 2.17. The molecule has 0 aliphatic heterocycles. The monoisotopic (exact) mass is 327 g/mol. The Bertz CT molecular complexity index is 439. The molecule has 1 aromatic rings. The fourth-order valence-corrected chi connectivity index (χ4v) is 2.90. The van der Waals surface area contributed by atoms with E-state index in [0.29, 0.717) is 5.75 Å². The molecule has 0 bridgehead atoms. The van der Waals surface area contributed by atoms with Crippen LogP contribution in [0.1, 0.15) is 25.8 Å². The van der Waals surface area contributed by atoms with Gasteiger partial charge in [0.15, 0.2) is 0 Å². The van der Waals surface area contributed by atoms with Gasteiger partial charge in [-0.1, -0.05) is 30.3 Å². The highest BCUT2D eigenvalue weighted by atomic mass is 32.2. The first-order valence-corrected chi connectivity index (χ1v) is 8.44. The Hall–Kier alpha value is -1.24. The van der Waals surface area contributed by atoms with Crippen molar-refractivity contribution in [1.29, 1.82) is 0 Å². The summed E-state index contributed by atoms with van der Waals surface area (Å²) in [7, 11) is 0. The molecule has 0 heterocycles. The van der Waals surface area contributed by atoms with Crippen LogP contribution in [0.5, 0.6) is 0 Å². The topological polar surface area (TPSA) is 78.8 Å². The second kappa shape index (κ2) is 9.71. The number of hydrogen-bond donors (Lipinski definition) is 3. The van der Waals surface area contributed by atoms with E-state index in [1.54, 1.807) is 11.8 Å². The van der Waals surface area contributed by atoms with E-state index in [9.17, 15) is 9.90 Å². The SMILES string of the molecule is CC(C)(CCSC[C@@H](O)CO)NC(=O)OCc1ccccc1. The average Bonchev–Trinajstić information content (AvgIpc) is 2.50. The third-order valence-corrected chi connectivity index (χ3v) is 4.16. The Morgan fingerprint density at radius 1 is 1.36 bits per heavy atom. The molecule has 0 saturated carbocycles. The van der Waals surface area contributed by atoms with E-state index in [1.807, 2.05) is 44.2 Å². The summed E-state index contributed by atoms with van der Waals surface area (Å²) in [5, 5.41) is 20.8. The molecule has 0 spiro atoms. The third-order valence-electron chi connectivity index (χ3n) is 3.05. The smallest absolute Gasteiger partial charge is 0.407 e. The lowest BCUT2D eigenvalue weighted by Gasteiger charge is -2.25. The Morgan fingerprint density at radius 2 is 2.05 bits per heavy atom. The van der Waals surface area contributed by atoms with Gasteiger partial charge < -0.3 is 20.3 Å². The van der Waals surface area contributed by atoms with Crippen molar-refractivity contribution in [2.45, 2.75) is 38.5 Å². The molecule has 0 fully saturated rings. The molecule has 0 aromatic heterocycles. The fraction of sp³-hybridized carbons (Fsp3) is 0.562. The Labute approximate surface area is 136 Å². The number of hydrogen-bond acceptors (Lipinski definition) is 5. The summed E-state index contributed by atoms with van der Waals surface area (Å²) in [4.78, 5) is 11.8. The predicted molar refractivity (Wildman–Crippen MR) is 88.9 cm³/mol. The van der Waals surface area contributed by atoms with E-state index >= 15 is 0 Å². The summed E-state index contributed by atoms with van der Waals surface area (Å²) >= 11 is 1.55. The number of alkyl carbamates (subject to hydrolysis) is 1. The van der Waals surface area contributed by atoms with Crippen LogP contribution in [0.25, 0.3) is 0 Å². The molecule has 0 aliphatic rings. The summed E-state index contributed by atoms with van der Waals surface area (Å²) in [5.74, 6) is 1.27. The minimum Gasteiger partial charge on any atom is -0.445 e. The van der Waals surface area contributed by atoms with E-state index in [4.69, 9.17) is 9.84 Å². The largest absolute Gasteiger partial charge is 0.445 e. The third kappa shape index (κ3) is 8.26. The standard InChI is InChI=1S/C16H25NO4S/c1-16(2,8-9-22-12-14(19)10-18)17-15(20)21-11-13-6-4-3-5-7-13/h3-7,14,18-19H,8-12H2,1-2H3,(H,17,20)/t14-/m0/s1. The van der Waals surface area contributed by atoms with Gasteiger partial charge in [-0.25, -0.2) is 4.79 Å². The first-order chi connectivity index (χ1) is 10.4. The van der Waals surface area contributed by atoms with Gasteiger partial charge in [0.05, 0.1) is 12.7 Å². The number of carbonyl (C=O) groups is 1. The van der Waals surface area contributed by atoms with Gasteiger partial charge in [0.2, 0.25) is 0 Å². The lowest BCUT2D eigenvalue weighted by atomic mass is 10.0. The minimum absolute atomic E-state index is 0.222. The maximum absolute atomic E-state index is 11.8. The second-order valence-electron chi connectivity index (χ2n) is 5.73. The molecule has 1 amide bonds. The zero-order valence-electron chi connectivity index (χ0n) is 13.1. The lowest BCUT2D eigenvalue weighted by molar-refractivity contribution is 0.113. The lowest BCUT2D eigenvalue weighted by Crippen LogP contribution is -2.44. The second-order valence-corrected chi connectivity index (χ2v) is 6.88. The zero-order valence-corrected chi connectivity index (χ0v) is 13.9. The molecule has 22 heavy (non-hydrogen) atoms. The molecule has 3 N–H and O–H groups in total. The Balaban J connectivity index is 2.23. The van der Waals surface area contributed by atoms with E-state index in [2.05, 4.69) is 5.32 Å². The van der Waals surface area contributed by atoms with Crippen LogP contribution < -0.4 is 5.32 Å². The van der Waals surface area contributed by atoms with E-state index in [-0.39, 0.29) is 18.8 Å². The van der Waals surface area contributed by atoms with Crippen LogP contribution in [-0.2, 0) is 11.3 Å². The highest BCUT2D eigenvalue weighted by molar-refractivity contribution is 7.99. The van der Waals surface area contributed by atoms with Crippen LogP contribution in [0, 0.1) is 0 Å². The first-order valence-electron chi connectivity index (χ1n) is 7.28. The van der Waals surface area contributed by atoms with Gasteiger partial charge >= 0.3 is 6.09 Å². The van der Waals surface area contributed by atoms with Gasteiger partial charge in [-0.15, -0.1) is 0 Å². The Morgan fingerprint density at radius 3 is 2.68 bits per heavy atom. The van der Waals surface area contributed by atoms with Gasteiger partial charge in [-0.05, 0) is 31.6 Å². The number of thioether (sulfide) groups is 1. The van der Waals surface area contributed by atoms with Gasteiger partial charge in [-0.2, -0.15) is 11.8 Å². The van der Waals surface area contributed by atoms with Crippen LogP contribution in [0.3, 0.4) is 0 Å². The van der Waals surface area contributed by atoms with Crippen LogP contribution in [0.2, 0.25) is 0 Å². The number of ether oxygens (including phenoxy) is 1. The highest BCUT2D eigenvalue weighted by Crippen LogP contribution is 2.15. The Kier molecular flexibility index (Phi) is 8.30. The van der Waals surface area contributed by atoms with Crippen LogP contribution in [0.15, 0.2) is 30.3 Å². The summed E-state index contributed by atoms with van der Waals surface area (Å²) in [6.45, 7) is 3.89. The molecule has 1 atom stereocenters. The zero-order chi connectivity index (χ0) is 16.4. The first kappa shape index (κ1) is 18.8. The molecule has 0 unspecified atom stereocenters. The van der Waals surface area contributed by atoms with Crippen LogP contribution in [-0.4, -0.2) is 46.1 Å². The van der Waals surface area contributed by atoms with Crippen molar-refractivity contribution < 1.29 is 19.7 Å². The molecule has 5 nitrogen and oxygen atoms in total. The van der Waals surface area contributed by atoms with Gasteiger partial charge in [0.1, 0.15) is 6.61 Å². The average molecular weight is 327 g/mol. The van der Waals surface area contributed by atoms with E-state index in [1.165, 1.54) is 0 Å². The summed E-state index contributed by atoms with van der Waals surface area (Å²) in [6, 6.07) is 9.53. The molecule has 1 rings (SSSR count). The minimum atomic E-state index is -0.683. The molecule has 0 aliphatic carbocycles. The van der Waals surface area contributed by atoms with Crippen LogP contribution >= 0.6 is 11.8 Å². The number of aliphatic hydroxyl groups excluding tert-OH is 2. The molecular weight excluding hydrogens is 302 g/mol. The normalized spacial score (nSPS) is 12.7.